The topological polar surface area (TPSA) is 65.1 Å². The fourth-order valence-electron chi connectivity index (χ4n) is 3.40. The summed E-state index contributed by atoms with van der Waals surface area (Å²) in [7, 11) is 0. The summed E-state index contributed by atoms with van der Waals surface area (Å²) in [4.78, 5) is 29.1. The molecule has 2 heterocycles. The first kappa shape index (κ1) is 18.6. The van der Waals surface area contributed by atoms with E-state index in [1.807, 2.05) is 54.6 Å². The van der Waals surface area contributed by atoms with Crippen molar-refractivity contribution in [3.8, 4) is 11.5 Å². The number of para-hydroxylation sites is 4. The number of nitrogens with zero attached hydrogens (tertiary/aromatic N) is 1. The highest BCUT2D eigenvalue weighted by molar-refractivity contribution is 7.99. The molecule has 0 spiro atoms. The van der Waals surface area contributed by atoms with E-state index in [2.05, 4.69) is 0 Å². The Morgan fingerprint density at radius 2 is 1.50 bits per heavy atom. The summed E-state index contributed by atoms with van der Waals surface area (Å²) < 4.78 is 16.5. The van der Waals surface area contributed by atoms with E-state index in [-0.39, 0.29) is 12.5 Å². The second-order valence-electron chi connectivity index (χ2n) is 6.74. The standard InChI is InChI=1S/C23H17NO5S/c25-22(14-28-23(26)19-13-27-17-9-3-4-10-18(17)29-19)24-15-7-1-5-11-20(15)30-21-12-6-2-8-16(21)24/h1-12,19H,13-14H2/t19-/m1/s1. The molecule has 0 radical (unpaired) electrons. The first-order chi connectivity index (χ1) is 14.7. The van der Waals surface area contributed by atoms with Gasteiger partial charge in [0.15, 0.2) is 18.1 Å². The monoisotopic (exact) mass is 419 g/mol. The second-order valence-corrected chi connectivity index (χ2v) is 7.82. The normalized spacial score (nSPS) is 16.3. The molecule has 2 aliphatic rings. The SMILES string of the molecule is O=C(OCC(=O)N1c2ccccc2Sc2ccccc21)[C@H]1COc2ccccc2O1. The summed E-state index contributed by atoms with van der Waals surface area (Å²) in [6.07, 6.45) is -0.913. The molecule has 5 rings (SSSR count). The summed E-state index contributed by atoms with van der Waals surface area (Å²) >= 11 is 1.61. The van der Waals surface area contributed by atoms with Gasteiger partial charge in [-0.15, -0.1) is 0 Å². The van der Waals surface area contributed by atoms with Crippen molar-refractivity contribution in [2.24, 2.45) is 0 Å². The highest BCUT2D eigenvalue weighted by atomic mass is 32.2. The van der Waals surface area contributed by atoms with Gasteiger partial charge in [0.25, 0.3) is 5.91 Å². The molecule has 7 heteroatoms. The number of anilines is 2. The van der Waals surface area contributed by atoms with Crippen LogP contribution in [0.15, 0.2) is 82.6 Å². The first-order valence-electron chi connectivity index (χ1n) is 9.45. The van der Waals surface area contributed by atoms with Crippen molar-refractivity contribution in [1.82, 2.24) is 0 Å². The van der Waals surface area contributed by atoms with E-state index in [1.165, 1.54) is 0 Å². The maximum Gasteiger partial charge on any atom is 0.351 e. The Bertz CT molecular complexity index is 1090. The third-order valence-electron chi connectivity index (χ3n) is 4.79. The van der Waals surface area contributed by atoms with Gasteiger partial charge in [0.1, 0.15) is 6.61 Å². The average Bonchev–Trinajstić information content (AvgIpc) is 2.80. The predicted octanol–water partition coefficient (Wildman–Crippen LogP) is 4.20. The zero-order valence-corrected chi connectivity index (χ0v) is 16.6. The summed E-state index contributed by atoms with van der Waals surface area (Å²) in [5, 5.41) is 0. The number of carbonyl (C=O) groups excluding carboxylic acids is 2. The van der Waals surface area contributed by atoms with Crippen LogP contribution in [0.25, 0.3) is 0 Å². The Kier molecular flexibility index (Phi) is 4.80. The molecule has 0 saturated carbocycles. The Labute approximate surface area is 177 Å². The van der Waals surface area contributed by atoms with Gasteiger partial charge in [0.05, 0.1) is 11.4 Å². The average molecular weight is 419 g/mol. The van der Waals surface area contributed by atoms with Crippen LogP contribution >= 0.6 is 11.8 Å². The van der Waals surface area contributed by atoms with Crippen LogP contribution < -0.4 is 14.4 Å². The third kappa shape index (κ3) is 3.37. The minimum absolute atomic E-state index is 0.0378. The molecule has 1 atom stereocenters. The number of amides is 1. The maximum atomic E-state index is 13.1. The molecule has 3 aromatic rings. The van der Waals surface area contributed by atoms with Crippen LogP contribution in [0.2, 0.25) is 0 Å². The predicted molar refractivity (Wildman–Crippen MR) is 111 cm³/mol. The molecule has 0 fully saturated rings. The molecule has 150 valence electrons. The second kappa shape index (κ2) is 7.76. The molecule has 0 unspecified atom stereocenters. The van der Waals surface area contributed by atoms with E-state index >= 15 is 0 Å². The minimum atomic E-state index is -0.913. The molecule has 0 aliphatic carbocycles. The Balaban J connectivity index is 1.31. The number of benzene rings is 3. The van der Waals surface area contributed by atoms with E-state index in [4.69, 9.17) is 14.2 Å². The molecule has 2 aliphatic heterocycles. The van der Waals surface area contributed by atoms with Crippen LogP contribution in [0.3, 0.4) is 0 Å². The summed E-state index contributed by atoms with van der Waals surface area (Å²) in [5.41, 5.74) is 1.54. The van der Waals surface area contributed by atoms with Gasteiger partial charge in [-0.25, -0.2) is 4.79 Å². The van der Waals surface area contributed by atoms with E-state index < -0.39 is 18.7 Å². The van der Waals surface area contributed by atoms with E-state index in [0.717, 1.165) is 21.2 Å². The van der Waals surface area contributed by atoms with Crippen LogP contribution in [0.4, 0.5) is 11.4 Å². The molecule has 0 bridgehead atoms. The highest BCUT2D eigenvalue weighted by Gasteiger charge is 2.32. The van der Waals surface area contributed by atoms with Crippen molar-refractivity contribution in [2.75, 3.05) is 18.1 Å². The molecule has 30 heavy (non-hydrogen) atoms. The maximum absolute atomic E-state index is 13.1. The molecule has 0 saturated heterocycles. The molecular formula is C23H17NO5S. The lowest BCUT2D eigenvalue weighted by atomic mass is 10.2. The van der Waals surface area contributed by atoms with E-state index in [9.17, 15) is 9.59 Å². The molecule has 3 aromatic carbocycles. The molecule has 1 amide bonds. The van der Waals surface area contributed by atoms with Crippen molar-refractivity contribution < 1.29 is 23.8 Å². The molecule has 6 nitrogen and oxygen atoms in total. The minimum Gasteiger partial charge on any atom is -0.485 e. The van der Waals surface area contributed by atoms with Crippen LogP contribution in [-0.2, 0) is 14.3 Å². The number of carbonyl (C=O) groups is 2. The van der Waals surface area contributed by atoms with Crippen LogP contribution in [0.5, 0.6) is 11.5 Å². The zero-order chi connectivity index (χ0) is 20.5. The molecule has 0 N–H and O–H groups in total. The van der Waals surface area contributed by atoms with Crippen molar-refractivity contribution in [1.29, 1.82) is 0 Å². The van der Waals surface area contributed by atoms with Crippen LogP contribution in [-0.4, -0.2) is 31.2 Å². The van der Waals surface area contributed by atoms with Gasteiger partial charge in [-0.05, 0) is 36.4 Å². The quantitative estimate of drug-likeness (QED) is 0.593. The summed E-state index contributed by atoms with van der Waals surface area (Å²) in [6, 6.07) is 22.4. The van der Waals surface area contributed by atoms with Gasteiger partial charge in [0.2, 0.25) is 6.10 Å². The first-order valence-corrected chi connectivity index (χ1v) is 10.3. The number of rotatable bonds is 3. The summed E-state index contributed by atoms with van der Waals surface area (Å²) in [5.74, 6) is 0.0936. The lowest BCUT2D eigenvalue weighted by Crippen LogP contribution is -2.40. The number of fused-ring (bicyclic) bond motifs is 3. The number of hydrogen-bond acceptors (Lipinski definition) is 6. The van der Waals surface area contributed by atoms with E-state index in [1.54, 1.807) is 34.9 Å². The van der Waals surface area contributed by atoms with Gasteiger partial charge >= 0.3 is 5.97 Å². The smallest absolute Gasteiger partial charge is 0.351 e. The van der Waals surface area contributed by atoms with E-state index in [0.29, 0.717) is 11.5 Å². The lowest BCUT2D eigenvalue weighted by molar-refractivity contribution is -0.157. The third-order valence-corrected chi connectivity index (χ3v) is 5.92. The zero-order valence-electron chi connectivity index (χ0n) is 15.8. The van der Waals surface area contributed by atoms with Crippen molar-refractivity contribution >= 4 is 35.0 Å². The van der Waals surface area contributed by atoms with Gasteiger partial charge in [-0.1, -0.05) is 48.2 Å². The van der Waals surface area contributed by atoms with Crippen LogP contribution in [0.1, 0.15) is 0 Å². The molecule has 0 aromatic heterocycles. The number of hydrogen-bond donors (Lipinski definition) is 0. The van der Waals surface area contributed by atoms with Crippen molar-refractivity contribution in [3.63, 3.8) is 0 Å². The van der Waals surface area contributed by atoms with Gasteiger partial charge < -0.3 is 14.2 Å². The van der Waals surface area contributed by atoms with Gasteiger partial charge in [-0.2, -0.15) is 0 Å². The lowest BCUT2D eigenvalue weighted by Gasteiger charge is -2.31. The Hall–Kier alpha value is -3.45. The molecular weight excluding hydrogens is 402 g/mol. The van der Waals surface area contributed by atoms with Crippen LogP contribution in [0, 0.1) is 0 Å². The van der Waals surface area contributed by atoms with Crippen molar-refractivity contribution in [2.45, 2.75) is 15.9 Å². The fourth-order valence-corrected chi connectivity index (χ4v) is 4.46. The summed E-state index contributed by atoms with van der Waals surface area (Å²) in [6.45, 7) is -0.357. The Morgan fingerprint density at radius 1 is 0.900 bits per heavy atom. The number of ether oxygens (including phenoxy) is 3. The fraction of sp³-hybridized carbons (Fsp3) is 0.130. The number of esters is 1. The van der Waals surface area contributed by atoms with Gasteiger partial charge in [0, 0.05) is 9.79 Å². The van der Waals surface area contributed by atoms with Crippen molar-refractivity contribution in [3.05, 3.63) is 72.8 Å². The van der Waals surface area contributed by atoms with Gasteiger partial charge in [-0.3, -0.25) is 9.69 Å². The largest absolute Gasteiger partial charge is 0.485 e. The highest BCUT2D eigenvalue weighted by Crippen LogP contribution is 2.47. The Morgan fingerprint density at radius 3 is 2.20 bits per heavy atom.